The molecular formula is C16H26N2O. The quantitative estimate of drug-likeness (QED) is 0.785. The molecule has 0 aliphatic heterocycles. The van der Waals surface area contributed by atoms with Gasteiger partial charge in [-0.25, -0.2) is 0 Å². The highest BCUT2D eigenvalue weighted by Crippen LogP contribution is 2.20. The second-order valence-electron chi connectivity index (χ2n) is 5.13. The fourth-order valence-electron chi connectivity index (χ4n) is 2.23. The van der Waals surface area contributed by atoms with Crippen LogP contribution in [-0.4, -0.2) is 38.0 Å². The van der Waals surface area contributed by atoms with Crippen LogP contribution in [0.3, 0.4) is 0 Å². The minimum Gasteiger partial charge on any atom is -0.377 e. The van der Waals surface area contributed by atoms with Gasteiger partial charge in [0.1, 0.15) is 0 Å². The lowest BCUT2D eigenvalue weighted by Gasteiger charge is -2.22. The monoisotopic (exact) mass is 262 g/mol. The highest BCUT2D eigenvalue weighted by Gasteiger charge is 2.14. The lowest BCUT2D eigenvalue weighted by atomic mass is 10.1. The first-order chi connectivity index (χ1) is 9.01. The summed E-state index contributed by atoms with van der Waals surface area (Å²) in [5.41, 5.74) is 3.09. The number of aryl methyl sites for hydroxylation is 1. The van der Waals surface area contributed by atoms with Crippen LogP contribution < -0.4 is 4.90 Å². The van der Waals surface area contributed by atoms with Gasteiger partial charge in [0.2, 0.25) is 0 Å². The number of benzene rings is 1. The Balaban J connectivity index is 2.90. The molecule has 0 atom stereocenters. The molecule has 0 saturated heterocycles. The topological polar surface area (TPSA) is 23.6 Å². The molecular weight excluding hydrogens is 236 g/mol. The third kappa shape index (κ3) is 3.98. The molecule has 1 aromatic carbocycles. The Morgan fingerprint density at radius 1 is 1.21 bits per heavy atom. The van der Waals surface area contributed by atoms with Crippen molar-refractivity contribution in [3.05, 3.63) is 29.3 Å². The van der Waals surface area contributed by atoms with Gasteiger partial charge in [-0.2, -0.15) is 0 Å². The Morgan fingerprint density at radius 3 is 2.37 bits per heavy atom. The Hall–Kier alpha value is -1.51. The highest BCUT2D eigenvalue weighted by atomic mass is 16.2. The lowest BCUT2D eigenvalue weighted by Crippen LogP contribution is -2.31. The van der Waals surface area contributed by atoms with E-state index in [1.807, 2.05) is 44.1 Å². The molecule has 0 aliphatic carbocycles. The van der Waals surface area contributed by atoms with Crippen molar-refractivity contribution in [2.24, 2.45) is 0 Å². The number of hydrogen-bond donors (Lipinski definition) is 0. The van der Waals surface area contributed by atoms with E-state index in [-0.39, 0.29) is 5.91 Å². The van der Waals surface area contributed by atoms with Crippen LogP contribution in [0, 0.1) is 6.92 Å². The first kappa shape index (κ1) is 15.5. The highest BCUT2D eigenvalue weighted by molar-refractivity contribution is 5.95. The number of amides is 1. The van der Waals surface area contributed by atoms with Gasteiger partial charge in [-0.15, -0.1) is 0 Å². The van der Waals surface area contributed by atoms with Gasteiger partial charge in [-0.1, -0.05) is 13.3 Å². The van der Waals surface area contributed by atoms with Crippen LogP contribution >= 0.6 is 0 Å². The molecule has 1 rings (SSSR count). The van der Waals surface area contributed by atoms with Crippen LogP contribution in [0.15, 0.2) is 18.2 Å². The lowest BCUT2D eigenvalue weighted by molar-refractivity contribution is 0.0762. The predicted molar refractivity (Wildman–Crippen MR) is 82.0 cm³/mol. The largest absolute Gasteiger partial charge is 0.377 e. The zero-order valence-electron chi connectivity index (χ0n) is 12.9. The molecule has 0 fully saturated rings. The second-order valence-corrected chi connectivity index (χ2v) is 5.13. The van der Waals surface area contributed by atoms with Gasteiger partial charge in [-0.05, 0) is 44.0 Å². The van der Waals surface area contributed by atoms with E-state index < -0.39 is 0 Å². The maximum atomic E-state index is 12.4. The van der Waals surface area contributed by atoms with Crippen LogP contribution in [0.25, 0.3) is 0 Å². The molecule has 0 aliphatic rings. The van der Waals surface area contributed by atoms with Gasteiger partial charge in [0.15, 0.2) is 0 Å². The summed E-state index contributed by atoms with van der Waals surface area (Å²) in [6.07, 6.45) is 2.18. The van der Waals surface area contributed by atoms with Crippen LogP contribution in [0.5, 0.6) is 0 Å². The predicted octanol–water partition coefficient (Wildman–Crippen LogP) is 3.32. The molecule has 106 valence electrons. The average Bonchev–Trinajstić information content (AvgIpc) is 2.38. The number of unbranched alkanes of at least 4 members (excludes halogenated alkanes) is 1. The van der Waals surface area contributed by atoms with Crippen LogP contribution in [0.1, 0.15) is 42.6 Å². The van der Waals surface area contributed by atoms with E-state index in [9.17, 15) is 4.79 Å². The smallest absolute Gasteiger partial charge is 0.253 e. The van der Waals surface area contributed by atoms with Gasteiger partial charge in [0.05, 0.1) is 0 Å². The molecule has 0 heterocycles. The fourth-order valence-corrected chi connectivity index (χ4v) is 2.23. The standard InChI is InChI=1S/C16H26N2O/c1-6-8-11-18(7-2)16(19)14-9-10-15(17(4)5)13(3)12-14/h9-10,12H,6-8,11H2,1-5H3. The molecule has 0 saturated carbocycles. The van der Waals surface area contributed by atoms with Crippen molar-refractivity contribution in [2.45, 2.75) is 33.6 Å². The maximum absolute atomic E-state index is 12.4. The number of rotatable bonds is 6. The van der Waals surface area contributed by atoms with E-state index >= 15 is 0 Å². The second kappa shape index (κ2) is 7.17. The number of nitrogens with zero attached hydrogens (tertiary/aromatic N) is 2. The minimum absolute atomic E-state index is 0.143. The molecule has 0 radical (unpaired) electrons. The summed E-state index contributed by atoms with van der Waals surface area (Å²) in [7, 11) is 4.03. The summed E-state index contributed by atoms with van der Waals surface area (Å²) < 4.78 is 0. The first-order valence-corrected chi connectivity index (χ1v) is 7.08. The number of carbonyl (C=O) groups excluding carboxylic acids is 1. The third-order valence-corrected chi connectivity index (χ3v) is 3.38. The van der Waals surface area contributed by atoms with E-state index in [0.29, 0.717) is 0 Å². The van der Waals surface area contributed by atoms with Crippen LogP contribution in [0.2, 0.25) is 0 Å². The van der Waals surface area contributed by atoms with E-state index in [0.717, 1.165) is 42.7 Å². The molecule has 0 N–H and O–H groups in total. The molecule has 1 aromatic rings. The summed E-state index contributed by atoms with van der Waals surface area (Å²) in [5, 5.41) is 0. The van der Waals surface area contributed by atoms with E-state index in [1.165, 1.54) is 0 Å². The SMILES string of the molecule is CCCCN(CC)C(=O)c1ccc(N(C)C)c(C)c1. The van der Waals surface area contributed by atoms with Gasteiger partial charge in [-0.3, -0.25) is 4.79 Å². The summed E-state index contributed by atoms with van der Waals surface area (Å²) >= 11 is 0. The summed E-state index contributed by atoms with van der Waals surface area (Å²) in [5.74, 6) is 0.143. The molecule has 0 bridgehead atoms. The first-order valence-electron chi connectivity index (χ1n) is 7.08. The maximum Gasteiger partial charge on any atom is 0.253 e. The van der Waals surface area contributed by atoms with Gasteiger partial charge >= 0.3 is 0 Å². The zero-order chi connectivity index (χ0) is 14.4. The number of hydrogen-bond acceptors (Lipinski definition) is 2. The molecule has 1 amide bonds. The Bertz CT molecular complexity index is 427. The van der Waals surface area contributed by atoms with Crippen molar-refractivity contribution in [3.63, 3.8) is 0 Å². The van der Waals surface area contributed by atoms with Crippen LogP contribution in [-0.2, 0) is 0 Å². The normalized spacial score (nSPS) is 10.4. The van der Waals surface area contributed by atoms with Crippen LogP contribution in [0.4, 0.5) is 5.69 Å². The van der Waals surface area contributed by atoms with Crippen molar-refractivity contribution in [3.8, 4) is 0 Å². The van der Waals surface area contributed by atoms with Gasteiger partial charge in [0, 0.05) is 38.4 Å². The summed E-state index contributed by atoms with van der Waals surface area (Å²) in [4.78, 5) is 16.4. The molecule has 3 nitrogen and oxygen atoms in total. The number of carbonyl (C=O) groups is 1. The van der Waals surface area contributed by atoms with Crippen molar-refractivity contribution >= 4 is 11.6 Å². The number of anilines is 1. The Morgan fingerprint density at radius 2 is 1.89 bits per heavy atom. The summed E-state index contributed by atoms with van der Waals surface area (Å²) in [6.45, 7) is 7.85. The van der Waals surface area contributed by atoms with E-state index in [1.54, 1.807) is 0 Å². The van der Waals surface area contributed by atoms with Gasteiger partial charge in [0.25, 0.3) is 5.91 Å². The van der Waals surface area contributed by atoms with E-state index in [4.69, 9.17) is 0 Å². The molecule has 0 unspecified atom stereocenters. The molecule has 19 heavy (non-hydrogen) atoms. The summed E-state index contributed by atoms with van der Waals surface area (Å²) in [6, 6.07) is 5.95. The third-order valence-electron chi connectivity index (χ3n) is 3.38. The van der Waals surface area contributed by atoms with Gasteiger partial charge < -0.3 is 9.80 Å². The van der Waals surface area contributed by atoms with E-state index in [2.05, 4.69) is 18.7 Å². The fraction of sp³-hybridized carbons (Fsp3) is 0.562. The minimum atomic E-state index is 0.143. The zero-order valence-corrected chi connectivity index (χ0v) is 12.9. The van der Waals surface area contributed by atoms with Crippen molar-refractivity contribution < 1.29 is 4.79 Å². The molecule has 0 spiro atoms. The van der Waals surface area contributed by atoms with Crippen molar-refractivity contribution in [1.29, 1.82) is 0 Å². The van der Waals surface area contributed by atoms with Crippen molar-refractivity contribution in [1.82, 2.24) is 4.90 Å². The Labute approximate surface area is 117 Å². The van der Waals surface area contributed by atoms with Crippen molar-refractivity contribution in [2.75, 3.05) is 32.1 Å². The Kier molecular flexibility index (Phi) is 5.87. The molecule has 0 aromatic heterocycles. The average molecular weight is 262 g/mol. The molecule has 3 heteroatoms.